The largest absolute Gasteiger partial charge is 0.354 e. The molecule has 3 aromatic rings. The van der Waals surface area contributed by atoms with Gasteiger partial charge in [0.2, 0.25) is 5.95 Å². The van der Waals surface area contributed by atoms with Crippen molar-refractivity contribution in [2.75, 3.05) is 36.4 Å². The van der Waals surface area contributed by atoms with E-state index in [4.69, 9.17) is 16.6 Å². The van der Waals surface area contributed by atoms with Gasteiger partial charge in [-0.25, -0.2) is 4.98 Å². The van der Waals surface area contributed by atoms with E-state index in [1.54, 1.807) is 17.1 Å². The molecule has 0 amide bonds. The first kappa shape index (κ1) is 20.3. The Balaban J connectivity index is 1.33. The molecule has 2 saturated heterocycles. The number of anilines is 3. The molecule has 5 rings (SSSR count). The van der Waals surface area contributed by atoms with Crippen LogP contribution in [0.2, 0.25) is 5.02 Å². The summed E-state index contributed by atoms with van der Waals surface area (Å²) in [4.78, 5) is 14.0. The maximum absolute atomic E-state index is 6.54. The van der Waals surface area contributed by atoms with Gasteiger partial charge in [-0.05, 0) is 0 Å². The Kier molecular flexibility index (Phi) is 4.71. The van der Waals surface area contributed by atoms with E-state index in [1.807, 2.05) is 31.2 Å². The number of hydrogen-bond donors (Lipinski definition) is 1. The van der Waals surface area contributed by atoms with Crippen molar-refractivity contribution in [2.45, 2.75) is 20.4 Å². The molecule has 2 fully saturated rings. The summed E-state index contributed by atoms with van der Waals surface area (Å²) in [6.07, 6.45) is 9.37. The Morgan fingerprint density at radius 3 is 2.26 bits per heavy atom. The predicted molar refractivity (Wildman–Crippen MR) is 120 cm³/mol. The third-order valence-corrected chi connectivity index (χ3v) is 7.10. The number of aromatic nitrogens is 6. The first-order valence-corrected chi connectivity index (χ1v) is 10.8. The number of fused-ring (bicyclic) bond motifs is 1. The monoisotopic (exact) mass is 441 g/mol. The fourth-order valence-electron chi connectivity index (χ4n) is 5.13. The van der Waals surface area contributed by atoms with Gasteiger partial charge in [0.25, 0.3) is 0 Å². The zero-order chi connectivity index (χ0) is 21.8. The minimum absolute atomic E-state index is 0.153. The summed E-state index contributed by atoms with van der Waals surface area (Å²) < 4.78 is 3.60. The minimum Gasteiger partial charge on any atom is -0.354 e. The molecule has 0 unspecified atom stereocenters. The Labute approximate surface area is 187 Å². The quantitative estimate of drug-likeness (QED) is 0.652. The standard InChI is InChI=1S/C21H28ClN9/c1-20-11-30(9-15-5-24-28(3)8-15)12-21(20,2)14-31(13-20)18-17(22)7-23-19(27-18)26-16-6-25-29(4)10-16/h5-8,10H,9,11-14H2,1-4H3,(H,23,26,27)/t20-,21+. The van der Waals surface area contributed by atoms with E-state index in [1.165, 1.54) is 5.56 Å². The zero-order valence-electron chi connectivity index (χ0n) is 18.4. The van der Waals surface area contributed by atoms with Gasteiger partial charge in [0.1, 0.15) is 5.02 Å². The third-order valence-electron chi connectivity index (χ3n) is 6.83. The number of nitrogens with zero attached hydrogens (tertiary/aromatic N) is 8. The van der Waals surface area contributed by atoms with Crippen LogP contribution < -0.4 is 10.2 Å². The topological polar surface area (TPSA) is 79.9 Å². The van der Waals surface area contributed by atoms with E-state index in [9.17, 15) is 0 Å². The molecule has 0 bridgehead atoms. The highest BCUT2D eigenvalue weighted by Crippen LogP contribution is 2.53. The van der Waals surface area contributed by atoms with Crippen molar-refractivity contribution in [1.29, 1.82) is 0 Å². The molecule has 10 heteroatoms. The van der Waals surface area contributed by atoms with Crippen LogP contribution in [0.4, 0.5) is 17.5 Å². The first-order valence-electron chi connectivity index (χ1n) is 10.5. The van der Waals surface area contributed by atoms with E-state index in [2.05, 4.69) is 50.3 Å². The summed E-state index contributed by atoms with van der Waals surface area (Å²) in [6.45, 7) is 9.62. The molecule has 0 aromatic carbocycles. The number of aryl methyl sites for hydroxylation is 2. The van der Waals surface area contributed by atoms with Gasteiger partial charge in [-0.1, -0.05) is 25.4 Å². The highest BCUT2D eigenvalue weighted by Gasteiger charge is 2.57. The lowest BCUT2D eigenvalue weighted by Crippen LogP contribution is -2.34. The normalized spacial score (nSPS) is 25.9. The lowest BCUT2D eigenvalue weighted by atomic mass is 9.71. The van der Waals surface area contributed by atoms with Crippen LogP contribution in [0.3, 0.4) is 0 Å². The van der Waals surface area contributed by atoms with Crippen molar-refractivity contribution in [3.05, 3.63) is 41.6 Å². The summed E-state index contributed by atoms with van der Waals surface area (Å²) in [5.41, 5.74) is 2.41. The van der Waals surface area contributed by atoms with Crippen molar-refractivity contribution in [3.8, 4) is 0 Å². The number of nitrogens with one attached hydrogen (secondary N) is 1. The number of hydrogen-bond acceptors (Lipinski definition) is 7. The maximum Gasteiger partial charge on any atom is 0.229 e. The van der Waals surface area contributed by atoms with Crippen molar-refractivity contribution >= 4 is 29.1 Å². The Morgan fingerprint density at radius 2 is 1.65 bits per heavy atom. The average molecular weight is 442 g/mol. The highest BCUT2D eigenvalue weighted by atomic mass is 35.5. The van der Waals surface area contributed by atoms with Crippen LogP contribution in [0.1, 0.15) is 19.4 Å². The fourth-order valence-corrected chi connectivity index (χ4v) is 5.34. The van der Waals surface area contributed by atoms with Gasteiger partial charge in [-0.15, -0.1) is 0 Å². The van der Waals surface area contributed by atoms with Crippen molar-refractivity contribution in [3.63, 3.8) is 0 Å². The number of halogens is 1. The van der Waals surface area contributed by atoms with Gasteiger partial charge in [0, 0.05) is 75.6 Å². The van der Waals surface area contributed by atoms with Gasteiger partial charge >= 0.3 is 0 Å². The second kappa shape index (κ2) is 7.20. The second-order valence-electron chi connectivity index (χ2n) is 9.54. The second-order valence-corrected chi connectivity index (χ2v) is 9.94. The van der Waals surface area contributed by atoms with Crippen LogP contribution in [0, 0.1) is 10.8 Å². The smallest absolute Gasteiger partial charge is 0.229 e. The van der Waals surface area contributed by atoms with Crippen molar-refractivity contribution in [2.24, 2.45) is 24.9 Å². The molecule has 0 spiro atoms. The Hall–Kier alpha value is -2.65. The third kappa shape index (κ3) is 3.65. The molecular weight excluding hydrogens is 414 g/mol. The first-order chi connectivity index (χ1) is 14.7. The van der Waals surface area contributed by atoms with Gasteiger partial charge in [-0.2, -0.15) is 15.2 Å². The van der Waals surface area contributed by atoms with E-state index in [0.717, 1.165) is 44.2 Å². The molecule has 0 radical (unpaired) electrons. The molecule has 3 aromatic heterocycles. The van der Waals surface area contributed by atoms with Crippen LogP contribution in [-0.2, 0) is 20.6 Å². The molecule has 164 valence electrons. The van der Waals surface area contributed by atoms with Gasteiger partial charge < -0.3 is 10.2 Å². The lowest BCUT2D eigenvalue weighted by molar-refractivity contribution is 0.212. The molecule has 1 N–H and O–H groups in total. The van der Waals surface area contributed by atoms with Crippen LogP contribution in [0.25, 0.3) is 0 Å². The summed E-state index contributed by atoms with van der Waals surface area (Å²) in [7, 11) is 3.84. The summed E-state index contributed by atoms with van der Waals surface area (Å²) in [5, 5.41) is 12.3. The van der Waals surface area contributed by atoms with E-state index < -0.39 is 0 Å². The van der Waals surface area contributed by atoms with Gasteiger partial charge in [0.05, 0.1) is 24.3 Å². The molecule has 5 heterocycles. The number of rotatable bonds is 5. The maximum atomic E-state index is 6.54. The minimum atomic E-state index is 0.153. The molecule has 0 aliphatic carbocycles. The summed E-state index contributed by atoms with van der Waals surface area (Å²) in [5.74, 6) is 1.32. The molecule has 31 heavy (non-hydrogen) atoms. The SMILES string of the molecule is Cn1cc(CN2C[C@@]3(C)CN(c4nc(Nc5cnn(C)c5)ncc4Cl)C[C@@]3(C)C2)cn1. The van der Waals surface area contributed by atoms with Crippen LogP contribution in [0.5, 0.6) is 0 Å². The van der Waals surface area contributed by atoms with Crippen molar-refractivity contribution in [1.82, 2.24) is 34.4 Å². The molecule has 9 nitrogen and oxygen atoms in total. The van der Waals surface area contributed by atoms with Crippen LogP contribution in [-0.4, -0.2) is 60.6 Å². The molecule has 2 atom stereocenters. The molecular formula is C21H28ClN9. The van der Waals surface area contributed by atoms with Crippen LogP contribution in [0.15, 0.2) is 31.0 Å². The van der Waals surface area contributed by atoms with E-state index in [0.29, 0.717) is 11.0 Å². The van der Waals surface area contributed by atoms with Crippen LogP contribution >= 0.6 is 11.6 Å². The Bertz CT molecular complexity index is 1090. The van der Waals surface area contributed by atoms with Gasteiger partial charge in [0.15, 0.2) is 5.82 Å². The summed E-state index contributed by atoms with van der Waals surface area (Å²) in [6, 6.07) is 0. The van der Waals surface area contributed by atoms with Crippen molar-refractivity contribution < 1.29 is 0 Å². The van der Waals surface area contributed by atoms with E-state index >= 15 is 0 Å². The fraction of sp³-hybridized carbons (Fsp3) is 0.524. The summed E-state index contributed by atoms with van der Waals surface area (Å²) >= 11 is 6.54. The lowest BCUT2D eigenvalue weighted by Gasteiger charge is -2.30. The molecule has 2 aliphatic heterocycles. The highest BCUT2D eigenvalue weighted by molar-refractivity contribution is 6.32. The van der Waals surface area contributed by atoms with E-state index in [-0.39, 0.29) is 10.8 Å². The molecule has 0 saturated carbocycles. The zero-order valence-corrected chi connectivity index (χ0v) is 19.1. The average Bonchev–Trinajstić information content (AvgIpc) is 3.40. The van der Waals surface area contributed by atoms with Gasteiger partial charge in [-0.3, -0.25) is 14.3 Å². The predicted octanol–water partition coefficient (Wildman–Crippen LogP) is 2.69. The molecule has 2 aliphatic rings. The Morgan fingerprint density at radius 1 is 0.968 bits per heavy atom. The number of likely N-dealkylation sites (tertiary alicyclic amines) is 1.